The molecule has 0 spiro atoms. The van der Waals surface area contributed by atoms with Gasteiger partial charge < -0.3 is 4.74 Å². The number of sulfone groups is 1. The Kier molecular flexibility index (Phi) is 5.38. The first-order chi connectivity index (χ1) is 9.08. The average molecular weight is 348 g/mol. The van der Waals surface area contributed by atoms with Gasteiger partial charge in [-0.2, -0.15) is 0 Å². The summed E-state index contributed by atoms with van der Waals surface area (Å²) < 4.78 is 30.4. The fraction of sp³-hybridized carbons (Fsp3) is 0.538. The molecule has 0 radical (unpaired) electrons. The number of hydrogen-bond donors (Lipinski definition) is 0. The van der Waals surface area contributed by atoms with Crippen molar-refractivity contribution in [1.82, 2.24) is 4.90 Å². The Morgan fingerprint density at radius 3 is 2.42 bits per heavy atom. The van der Waals surface area contributed by atoms with Crippen molar-refractivity contribution in [3.05, 3.63) is 28.7 Å². The highest BCUT2D eigenvalue weighted by Crippen LogP contribution is 2.16. The molecule has 0 saturated carbocycles. The second-order valence-electron chi connectivity index (χ2n) is 4.58. The first-order valence-corrected chi connectivity index (χ1v) is 8.81. The maximum absolute atomic E-state index is 12.1. The number of rotatable bonds is 5. The van der Waals surface area contributed by atoms with Crippen LogP contribution >= 0.6 is 15.9 Å². The van der Waals surface area contributed by atoms with Gasteiger partial charge in [-0.25, -0.2) is 8.42 Å². The second kappa shape index (κ2) is 6.83. The van der Waals surface area contributed by atoms with E-state index in [0.717, 1.165) is 37.3 Å². The number of morpholine rings is 1. The molecule has 1 aromatic rings. The van der Waals surface area contributed by atoms with Gasteiger partial charge in [-0.15, -0.1) is 0 Å². The van der Waals surface area contributed by atoms with Crippen LogP contribution in [0.25, 0.3) is 0 Å². The predicted octanol–water partition coefficient (Wildman–Crippen LogP) is 1.95. The van der Waals surface area contributed by atoms with Crippen molar-refractivity contribution in [2.75, 3.05) is 38.6 Å². The van der Waals surface area contributed by atoms with Gasteiger partial charge in [-0.1, -0.05) is 15.9 Å². The molecule has 1 heterocycles. The molecule has 0 aliphatic carbocycles. The Balaban J connectivity index is 1.85. The lowest BCUT2D eigenvalue weighted by atomic mass is 10.3. The van der Waals surface area contributed by atoms with E-state index in [1.165, 1.54) is 0 Å². The zero-order chi connectivity index (χ0) is 13.7. The predicted molar refractivity (Wildman–Crippen MR) is 78.1 cm³/mol. The van der Waals surface area contributed by atoms with Gasteiger partial charge in [0.25, 0.3) is 0 Å². The van der Waals surface area contributed by atoms with E-state index in [1.807, 2.05) is 0 Å². The fourth-order valence-electron chi connectivity index (χ4n) is 2.06. The molecule has 0 bridgehead atoms. The van der Waals surface area contributed by atoms with Crippen LogP contribution in [0, 0.1) is 0 Å². The van der Waals surface area contributed by atoms with Gasteiger partial charge in [0.05, 0.1) is 23.9 Å². The number of halogens is 1. The summed E-state index contributed by atoms with van der Waals surface area (Å²) in [6.07, 6.45) is 0.665. The molecule has 0 N–H and O–H groups in total. The van der Waals surface area contributed by atoms with Crippen LogP contribution in [0.3, 0.4) is 0 Å². The largest absolute Gasteiger partial charge is 0.379 e. The molecular weight excluding hydrogens is 330 g/mol. The number of nitrogens with zero attached hydrogens (tertiary/aromatic N) is 1. The monoisotopic (exact) mass is 347 g/mol. The highest BCUT2D eigenvalue weighted by Gasteiger charge is 2.16. The maximum atomic E-state index is 12.1. The molecule has 106 valence electrons. The van der Waals surface area contributed by atoms with Crippen LogP contribution in [0.4, 0.5) is 0 Å². The van der Waals surface area contributed by atoms with E-state index in [2.05, 4.69) is 20.8 Å². The lowest BCUT2D eigenvalue weighted by molar-refractivity contribution is 0.0381. The van der Waals surface area contributed by atoms with Gasteiger partial charge in [-0.3, -0.25) is 4.90 Å². The molecule has 1 aromatic carbocycles. The third-order valence-corrected chi connectivity index (χ3v) is 5.51. The van der Waals surface area contributed by atoms with E-state index >= 15 is 0 Å². The molecule has 6 heteroatoms. The van der Waals surface area contributed by atoms with E-state index in [1.54, 1.807) is 24.3 Å². The number of benzene rings is 1. The van der Waals surface area contributed by atoms with Crippen molar-refractivity contribution in [3.8, 4) is 0 Å². The smallest absolute Gasteiger partial charge is 0.178 e. The van der Waals surface area contributed by atoms with Crippen LogP contribution in [-0.2, 0) is 14.6 Å². The van der Waals surface area contributed by atoms with Gasteiger partial charge >= 0.3 is 0 Å². The molecule has 1 aliphatic heterocycles. The van der Waals surface area contributed by atoms with Crippen molar-refractivity contribution >= 4 is 25.8 Å². The molecule has 2 rings (SSSR count). The molecule has 0 atom stereocenters. The van der Waals surface area contributed by atoms with E-state index in [-0.39, 0.29) is 5.75 Å². The quantitative estimate of drug-likeness (QED) is 0.816. The second-order valence-corrected chi connectivity index (χ2v) is 7.61. The number of hydrogen-bond acceptors (Lipinski definition) is 4. The Hall–Kier alpha value is -0.430. The summed E-state index contributed by atoms with van der Waals surface area (Å²) in [4.78, 5) is 2.65. The molecule has 19 heavy (non-hydrogen) atoms. The minimum atomic E-state index is -3.16. The molecule has 0 unspecified atom stereocenters. The fourth-order valence-corrected chi connectivity index (χ4v) is 3.62. The zero-order valence-corrected chi connectivity index (χ0v) is 13.1. The Labute approximate surface area is 122 Å². The minimum Gasteiger partial charge on any atom is -0.379 e. The Bertz CT molecular complexity index is 495. The summed E-state index contributed by atoms with van der Waals surface area (Å²) in [6.45, 7) is 4.12. The number of ether oxygens (including phenoxy) is 1. The van der Waals surface area contributed by atoms with Gasteiger partial charge in [-0.05, 0) is 37.2 Å². The van der Waals surface area contributed by atoms with Crippen LogP contribution in [0.15, 0.2) is 33.6 Å². The molecule has 1 fully saturated rings. The first kappa shape index (κ1) is 15.0. The van der Waals surface area contributed by atoms with Crippen LogP contribution in [0.5, 0.6) is 0 Å². The highest BCUT2D eigenvalue weighted by atomic mass is 79.9. The van der Waals surface area contributed by atoms with Crippen molar-refractivity contribution < 1.29 is 13.2 Å². The minimum absolute atomic E-state index is 0.200. The molecule has 1 saturated heterocycles. The summed E-state index contributed by atoms with van der Waals surface area (Å²) in [5.74, 6) is 0.200. The molecule has 0 aromatic heterocycles. The van der Waals surface area contributed by atoms with Gasteiger partial charge in [0, 0.05) is 17.6 Å². The average Bonchev–Trinajstić information content (AvgIpc) is 2.40. The molecule has 4 nitrogen and oxygen atoms in total. The van der Waals surface area contributed by atoms with Crippen LogP contribution in [0.1, 0.15) is 6.42 Å². The topological polar surface area (TPSA) is 46.6 Å². The summed E-state index contributed by atoms with van der Waals surface area (Å²) in [5, 5.41) is 0. The molecular formula is C13H18BrNO3S. The highest BCUT2D eigenvalue weighted by molar-refractivity contribution is 9.10. The van der Waals surface area contributed by atoms with Crippen LogP contribution in [-0.4, -0.2) is 51.9 Å². The first-order valence-electron chi connectivity index (χ1n) is 6.36. The third kappa shape index (κ3) is 4.56. The summed E-state index contributed by atoms with van der Waals surface area (Å²) in [5.41, 5.74) is 0. The van der Waals surface area contributed by atoms with Gasteiger partial charge in [0.15, 0.2) is 9.84 Å². The maximum Gasteiger partial charge on any atom is 0.178 e. The summed E-state index contributed by atoms with van der Waals surface area (Å²) >= 11 is 3.30. The molecule has 1 aliphatic rings. The van der Waals surface area contributed by atoms with Gasteiger partial charge in [0.1, 0.15) is 0 Å². The van der Waals surface area contributed by atoms with Crippen molar-refractivity contribution in [3.63, 3.8) is 0 Å². The Morgan fingerprint density at radius 2 is 1.79 bits per heavy atom. The van der Waals surface area contributed by atoms with Crippen LogP contribution < -0.4 is 0 Å². The lowest BCUT2D eigenvalue weighted by Gasteiger charge is -2.26. The van der Waals surface area contributed by atoms with E-state index in [0.29, 0.717) is 11.3 Å². The van der Waals surface area contributed by atoms with E-state index in [4.69, 9.17) is 4.74 Å². The lowest BCUT2D eigenvalue weighted by Crippen LogP contribution is -2.37. The zero-order valence-electron chi connectivity index (χ0n) is 10.7. The Morgan fingerprint density at radius 1 is 1.16 bits per heavy atom. The van der Waals surface area contributed by atoms with Gasteiger partial charge in [0.2, 0.25) is 0 Å². The van der Waals surface area contributed by atoms with Crippen molar-refractivity contribution in [2.24, 2.45) is 0 Å². The van der Waals surface area contributed by atoms with Crippen LogP contribution in [0.2, 0.25) is 0 Å². The normalized spacial score (nSPS) is 17.5. The SMILES string of the molecule is O=S(=O)(CCCN1CCOCC1)c1ccc(Br)cc1. The van der Waals surface area contributed by atoms with E-state index in [9.17, 15) is 8.42 Å². The summed E-state index contributed by atoms with van der Waals surface area (Å²) in [7, 11) is -3.16. The van der Waals surface area contributed by atoms with E-state index < -0.39 is 9.84 Å². The third-order valence-electron chi connectivity index (χ3n) is 3.16. The van der Waals surface area contributed by atoms with Crippen molar-refractivity contribution in [2.45, 2.75) is 11.3 Å². The van der Waals surface area contributed by atoms with Crippen molar-refractivity contribution in [1.29, 1.82) is 0 Å². The molecule has 0 amide bonds. The standard InChI is InChI=1S/C13H18BrNO3S/c14-12-2-4-13(5-3-12)19(16,17)11-1-6-15-7-9-18-10-8-15/h2-5H,1,6-11H2. The summed E-state index contributed by atoms with van der Waals surface area (Å²) in [6, 6.07) is 6.81.